The van der Waals surface area contributed by atoms with Crippen molar-refractivity contribution in [3.63, 3.8) is 0 Å². The van der Waals surface area contributed by atoms with E-state index in [1.165, 1.54) is 6.08 Å². The van der Waals surface area contributed by atoms with Gasteiger partial charge in [0.15, 0.2) is 0 Å². The first-order valence-electron chi connectivity index (χ1n) is 10.4. The number of halogens is 1. The minimum Gasteiger partial charge on any atom is -0.465 e. The third kappa shape index (κ3) is 5.03. The normalized spacial score (nSPS) is 14.1. The number of benzene rings is 2. The van der Waals surface area contributed by atoms with Gasteiger partial charge in [-0.05, 0) is 55.0 Å². The van der Waals surface area contributed by atoms with Crippen molar-refractivity contribution in [2.75, 3.05) is 36.4 Å². The summed E-state index contributed by atoms with van der Waals surface area (Å²) in [6, 6.07) is 16.6. The van der Waals surface area contributed by atoms with Gasteiger partial charge < -0.3 is 19.5 Å². The fraction of sp³-hybridized carbons (Fsp3) is 0.200. The van der Waals surface area contributed by atoms with Crippen LogP contribution in [0.5, 0.6) is 0 Å². The highest BCUT2D eigenvalue weighted by Crippen LogP contribution is 2.30. The van der Waals surface area contributed by atoms with Crippen LogP contribution >= 0.6 is 11.6 Å². The zero-order chi connectivity index (χ0) is 22.5. The average Bonchev–Trinajstić information content (AvgIpc) is 3.32. The molecule has 164 valence electrons. The highest BCUT2D eigenvalue weighted by molar-refractivity contribution is 6.33. The smallest absolute Gasteiger partial charge is 0.254 e. The minimum atomic E-state index is -0.270. The molecule has 0 unspecified atom stereocenters. The van der Waals surface area contributed by atoms with Crippen LogP contribution in [-0.2, 0) is 4.79 Å². The Hall–Kier alpha value is -3.51. The zero-order valence-corrected chi connectivity index (χ0v) is 18.5. The lowest BCUT2D eigenvalue weighted by Crippen LogP contribution is -2.49. The van der Waals surface area contributed by atoms with Crippen molar-refractivity contribution in [1.82, 2.24) is 4.90 Å². The lowest BCUT2D eigenvalue weighted by Gasteiger charge is -2.36. The Morgan fingerprint density at radius 1 is 1.03 bits per heavy atom. The van der Waals surface area contributed by atoms with Crippen LogP contribution in [0.3, 0.4) is 0 Å². The van der Waals surface area contributed by atoms with Crippen LogP contribution in [0.25, 0.3) is 6.08 Å². The number of rotatable bonds is 5. The summed E-state index contributed by atoms with van der Waals surface area (Å²) in [5, 5.41) is 3.35. The van der Waals surface area contributed by atoms with Crippen LogP contribution in [0.4, 0.5) is 11.4 Å². The first-order chi connectivity index (χ1) is 15.5. The summed E-state index contributed by atoms with van der Waals surface area (Å²) in [5.74, 6) is 0.400. The molecule has 32 heavy (non-hydrogen) atoms. The molecule has 0 saturated carbocycles. The van der Waals surface area contributed by atoms with Crippen molar-refractivity contribution < 1.29 is 14.0 Å². The van der Waals surface area contributed by atoms with Crippen LogP contribution in [-0.4, -0.2) is 42.9 Å². The number of piperazine rings is 1. The van der Waals surface area contributed by atoms with Gasteiger partial charge in [0, 0.05) is 43.5 Å². The van der Waals surface area contributed by atoms with Gasteiger partial charge in [-0.15, -0.1) is 0 Å². The minimum absolute atomic E-state index is 0.0644. The Morgan fingerprint density at radius 2 is 1.81 bits per heavy atom. The van der Waals surface area contributed by atoms with Crippen molar-refractivity contribution in [3.8, 4) is 0 Å². The van der Waals surface area contributed by atoms with Gasteiger partial charge in [0.1, 0.15) is 5.76 Å². The van der Waals surface area contributed by atoms with E-state index in [0.29, 0.717) is 42.6 Å². The zero-order valence-electron chi connectivity index (χ0n) is 17.8. The Labute approximate surface area is 192 Å². The molecule has 0 radical (unpaired) electrons. The molecular weight excluding hydrogens is 426 g/mol. The number of furan rings is 1. The second kappa shape index (κ2) is 9.75. The summed E-state index contributed by atoms with van der Waals surface area (Å²) < 4.78 is 5.17. The van der Waals surface area contributed by atoms with Crippen molar-refractivity contribution in [2.45, 2.75) is 6.92 Å². The molecule has 1 N–H and O–H groups in total. The molecule has 1 aromatic heterocycles. The van der Waals surface area contributed by atoms with Gasteiger partial charge in [0.25, 0.3) is 5.91 Å². The third-order valence-electron chi connectivity index (χ3n) is 5.44. The van der Waals surface area contributed by atoms with Gasteiger partial charge in [0.2, 0.25) is 5.91 Å². The number of aryl methyl sites for hydroxylation is 1. The van der Waals surface area contributed by atoms with E-state index in [1.54, 1.807) is 30.5 Å². The number of carbonyl (C=O) groups is 2. The van der Waals surface area contributed by atoms with E-state index >= 15 is 0 Å². The molecule has 4 rings (SSSR count). The molecule has 2 heterocycles. The van der Waals surface area contributed by atoms with Gasteiger partial charge in [-0.1, -0.05) is 29.8 Å². The van der Waals surface area contributed by atoms with Gasteiger partial charge in [-0.3, -0.25) is 9.59 Å². The quantitative estimate of drug-likeness (QED) is 0.565. The fourth-order valence-electron chi connectivity index (χ4n) is 3.70. The molecule has 0 aliphatic carbocycles. The lowest BCUT2D eigenvalue weighted by molar-refractivity contribution is -0.111. The van der Waals surface area contributed by atoms with Crippen LogP contribution in [0, 0.1) is 6.92 Å². The fourth-order valence-corrected chi connectivity index (χ4v) is 4.00. The number of hydrogen-bond donors (Lipinski definition) is 1. The molecule has 0 atom stereocenters. The van der Waals surface area contributed by atoms with Crippen LogP contribution in [0.15, 0.2) is 71.4 Å². The van der Waals surface area contributed by atoms with E-state index in [9.17, 15) is 9.59 Å². The first-order valence-corrected chi connectivity index (χ1v) is 10.8. The number of amides is 2. The molecular formula is C25H24ClN3O3. The maximum absolute atomic E-state index is 12.8. The van der Waals surface area contributed by atoms with Crippen molar-refractivity contribution in [1.29, 1.82) is 0 Å². The molecule has 6 nitrogen and oxygen atoms in total. The van der Waals surface area contributed by atoms with Crippen LogP contribution in [0.2, 0.25) is 5.02 Å². The van der Waals surface area contributed by atoms with E-state index < -0.39 is 0 Å². The second-order valence-electron chi connectivity index (χ2n) is 7.60. The predicted octanol–water partition coefficient (Wildman–Crippen LogP) is 4.86. The predicted molar refractivity (Wildman–Crippen MR) is 127 cm³/mol. The topological polar surface area (TPSA) is 65.8 Å². The number of anilines is 2. The van der Waals surface area contributed by atoms with Gasteiger partial charge in [-0.25, -0.2) is 0 Å². The molecule has 1 fully saturated rings. The Bertz CT molecular complexity index is 1130. The largest absolute Gasteiger partial charge is 0.465 e. The number of carbonyl (C=O) groups excluding carboxylic acids is 2. The van der Waals surface area contributed by atoms with Crippen molar-refractivity contribution in [2.24, 2.45) is 0 Å². The van der Waals surface area contributed by atoms with Crippen LogP contribution in [0.1, 0.15) is 21.7 Å². The monoisotopic (exact) mass is 449 g/mol. The van der Waals surface area contributed by atoms with Crippen LogP contribution < -0.4 is 10.2 Å². The average molecular weight is 450 g/mol. The van der Waals surface area contributed by atoms with E-state index in [1.807, 2.05) is 48.2 Å². The summed E-state index contributed by atoms with van der Waals surface area (Å²) >= 11 is 6.51. The molecule has 2 aromatic carbocycles. The van der Waals surface area contributed by atoms with Gasteiger partial charge >= 0.3 is 0 Å². The Balaban J connectivity index is 1.35. The highest BCUT2D eigenvalue weighted by Gasteiger charge is 2.24. The molecule has 0 bridgehead atoms. The lowest BCUT2D eigenvalue weighted by atomic mass is 10.1. The van der Waals surface area contributed by atoms with E-state index in [2.05, 4.69) is 10.2 Å². The second-order valence-corrected chi connectivity index (χ2v) is 8.01. The number of nitrogens with one attached hydrogen (secondary N) is 1. The summed E-state index contributed by atoms with van der Waals surface area (Å²) in [6.45, 7) is 4.58. The summed E-state index contributed by atoms with van der Waals surface area (Å²) in [5.41, 5.74) is 3.24. The molecule has 1 aliphatic heterocycles. The molecule has 0 spiro atoms. The Morgan fingerprint density at radius 3 is 2.50 bits per heavy atom. The van der Waals surface area contributed by atoms with Gasteiger partial charge in [-0.2, -0.15) is 0 Å². The third-order valence-corrected chi connectivity index (χ3v) is 5.74. The van der Waals surface area contributed by atoms with E-state index in [4.69, 9.17) is 16.0 Å². The maximum atomic E-state index is 12.8. The number of nitrogens with zero attached hydrogens (tertiary/aromatic N) is 2. The summed E-state index contributed by atoms with van der Waals surface area (Å²) in [4.78, 5) is 29.0. The maximum Gasteiger partial charge on any atom is 0.254 e. The first kappa shape index (κ1) is 21.7. The molecule has 1 aliphatic rings. The number of hydrogen-bond acceptors (Lipinski definition) is 4. The molecule has 2 amide bonds. The van der Waals surface area contributed by atoms with Gasteiger partial charge in [0.05, 0.1) is 17.0 Å². The van der Waals surface area contributed by atoms with Crippen molar-refractivity contribution >= 4 is 40.9 Å². The summed E-state index contributed by atoms with van der Waals surface area (Å²) in [7, 11) is 0. The highest BCUT2D eigenvalue weighted by atomic mass is 35.5. The Kier molecular flexibility index (Phi) is 6.61. The SMILES string of the molecule is Cc1ccccc1C(=O)N1CCN(c2ccc(NC(=O)/C=C/c3ccco3)cc2Cl)CC1. The molecule has 7 heteroatoms. The molecule has 1 saturated heterocycles. The van der Waals surface area contributed by atoms with E-state index in [0.717, 1.165) is 16.8 Å². The van der Waals surface area contributed by atoms with Crippen molar-refractivity contribution in [3.05, 3.63) is 88.8 Å². The summed E-state index contributed by atoms with van der Waals surface area (Å²) in [6.07, 6.45) is 4.56. The molecule has 3 aromatic rings. The van der Waals surface area contributed by atoms with E-state index in [-0.39, 0.29) is 11.8 Å². The standard InChI is InChI=1S/C25H24ClN3O3/c1-18-5-2-3-7-21(18)25(31)29-14-12-28(13-15-29)23-10-8-19(17-22(23)26)27-24(30)11-9-20-6-4-16-32-20/h2-11,16-17H,12-15H2,1H3,(H,27,30)/b11-9+.